The second kappa shape index (κ2) is 9.08. The topological polar surface area (TPSA) is 63.2 Å². The Hall–Kier alpha value is -3.55. The molecule has 2 N–H and O–H groups in total. The van der Waals surface area contributed by atoms with Gasteiger partial charge in [-0.2, -0.15) is 0 Å². The fraction of sp³-hybridized carbons (Fsp3) is 0.267. The van der Waals surface area contributed by atoms with E-state index < -0.39 is 5.54 Å². The second-order valence-electron chi connectivity index (χ2n) is 10.2. The molecule has 1 aliphatic heterocycles. The number of benzene rings is 3. The number of carbonyl (C=O) groups excluding carboxylic acids is 1. The first-order valence-corrected chi connectivity index (χ1v) is 13.1. The third-order valence-electron chi connectivity index (χ3n) is 7.47. The van der Waals surface area contributed by atoms with Crippen molar-refractivity contribution in [2.45, 2.75) is 36.9 Å². The van der Waals surface area contributed by atoms with Crippen LogP contribution in [-0.2, 0) is 5.54 Å². The van der Waals surface area contributed by atoms with E-state index in [1.54, 1.807) is 18.3 Å². The quantitative estimate of drug-likeness (QED) is 0.345. The minimum absolute atomic E-state index is 0.125. The van der Waals surface area contributed by atoms with Crippen molar-refractivity contribution in [3.8, 4) is 16.9 Å². The summed E-state index contributed by atoms with van der Waals surface area (Å²) in [6.07, 6.45) is 4.43. The summed E-state index contributed by atoms with van der Waals surface area (Å²) in [5, 5.41) is 7.47. The first-order chi connectivity index (χ1) is 17.8. The lowest BCUT2D eigenvalue weighted by Gasteiger charge is -2.39. The maximum Gasteiger partial charge on any atom is 0.252 e. The molecule has 0 bridgehead atoms. The van der Waals surface area contributed by atoms with Gasteiger partial charge in [0.1, 0.15) is 18.2 Å². The van der Waals surface area contributed by atoms with E-state index in [9.17, 15) is 9.18 Å². The van der Waals surface area contributed by atoms with Crippen molar-refractivity contribution in [2.24, 2.45) is 0 Å². The highest BCUT2D eigenvalue weighted by atomic mass is 28.1. The van der Waals surface area contributed by atoms with Gasteiger partial charge in [0, 0.05) is 22.3 Å². The van der Waals surface area contributed by atoms with Crippen LogP contribution in [0.15, 0.2) is 72.9 Å². The van der Waals surface area contributed by atoms with Gasteiger partial charge in [-0.1, -0.05) is 24.3 Å². The lowest BCUT2D eigenvalue weighted by atomic mass is 9.93. The van der Waals surface area contributed by atoms with E-state index in [0.29, 0.717) is 17.9 Å². The third kappa shape index (κ3) is 4.65. The molecule has 6 rings (SSSR count). The van der Waals surface area contributed by atoms with Gasteiger partial charge in [0.15, 0.2) is 0 Å². The molecular formula is C30H27FN3O2Si. The Kier molecular flexibility index (Phi) is 5.85. The van der Waals surface area contributed by atoms with E-state index in [2.05, 4.69) is 31.9 Å². The minimum Gasteiger partial charge on any atom is -0.492 e. The number of aromatic nitrogens is 1. The predicted molar refractivity (Wildman–Crippen MR) is 143 cm³/mol. The molecule has 3 radical (unpaired) electrons. The Morgan fingerprint density at radius 1 is 1.08 bits per heavy atom. The predicted octanol–water partition coefficient (Wildman–Crippen LogP) is 5.01. The Labute approximate surface area is 218 Å². The Balaban J connectivity index is 1.31. The van der Waals surface area contributed by atoms with Gasteiger partial charge in [-0.3, -0.25) is 9.78 Å². The van der Waals surface area contributed by atoms with Crippen LogP contribution in [0.25, 0.3) is 22.0 Å². The summed E-state index contributed by atoms with van der Waals surface area (Å²) in [4.78, 5) is 18.2. The zero-order chi connectivity index (χ0) is 25.6. The van der Waals surface area contributed by atoms with Gasteiger partial charge in [-0.05, 0) is 97.4 Å². The van der Waals surface area contributed by atoms with Crippen molar-refractivity contribution in [1.82, 2.24) is 15.6 Å². The SMILES string of the molecule is Cc1ccc(OC[C@]2([Si])CCN2)cc1C(=O)NC1(c2cc(-c3ccc(F)cc3)cc3ncccc23)CC1. The normalized spacial score (nSPS) is 19.8. The number of fused-ring (bicyclic) bond motifs is 1. The van der Waals surface area contributed by atoms with Crippen molar-refractivity contribution in [3.63, 3.8) is 0 Å². The molecule has 185 valence electrons. The van der Waals surface area contributed by atoms with Crippen LogP contribution >= 0.6 is 0 Å². The van der Waals surface area contributed by atoms with Crippen LogP contribution in [0.1, 0.15) is 40.7 Å². The van der Waals surface area contributed by atoms with E-state index in [4.69, 9.17) is 4.74 Å². The average molecular weight is 509 g/mol. The van der Waals surface area contributed by atoms with E-state index in [0.717, 1.165) is 59.0 Å². The van der Waals surface area contributed by atoms with Gasteiger partial charge in [0.25, 0.3) is 5.91 Å². The molecule has 3 aromatic carbocycles. The molecule has 0 unspecified atom stereocenters. The number of nitrogens with one attached hydrogen (secondary N) is 2. The number of pyridine rings is 1. The number of hydrogen-bond acceptors (Lipinski definition) is 4. The standard InChI is InChI=1S/C30H27FN3O2Si/c1-19-4-9-23(36-18-30(37)12-14-33-30)17-25(19)28(35)34-29(10-11-29)26-15-21(20-5-7-22(31)8-6-20)16-27-24(26)3-2-13-32-27/h2-9,13,15-17,33H,10-12,14,18H2,1H3,(H,34,35)/t30-/m1/s1. The molecule has 1 atom stereocenters. The first-order valence-electron chi connectivity index (χ1n) is 12.6. The van der Waals surface area contributed by atoms with Gasteiger partial charge in [-0.25, -0.2) is 4.39 Å². The second-order valence-corrected chi connectivity index (χ2v) is 11.1. The van der Waals surface area contributed by atoms with Crippen LogP contribution in [-0.4, -0.2) is 39.4 Å². The average Bonchev–Trinajstić information content (AvgIpc) is 3.67. The molecule has 4 aromatic rings. The molecule has 7 heteroatoms. The molecule has 2 fully saturated rings. The molecule has 37 heavy (non-hydrogen) atoms. The van der Waals surface area contributed by atoms with Gasteiger partial charge >= 0.3 is 0 Å². The lowest BCUT2D eigenvalue weighted by molar-refractivity contribution is 0.0930. The Morgan fingerprint density at radius 2 is 1.86 bits per heavy atom. The van der Waals surface area contributed by atoms with Crippen molar-refractivity contribution in [1.29, 1.82) is 0 Å². The number of halogens is 1. The maximum absolute atomic E-state index is 13.6. The lowest BCUT2D eigenvalue weighted by Crippen LogP contribution is -2.61. The van der Waals surface area contributed by atoms with Gasteiger partial charge in [-0.15, -0.1) is 0 Å². The summed E-state index contributed by atoms with van der Waals surface area (Å²) in [5.74, 6) is 0.268. The van der Waals surface area contributed by atoms with Crippen molar-refractivity contribution < 1.29 is 13.9 Å². The highest BCUT2D eigenvalue weighted by Crippen LogP contribution is 2.49. The summed E-state index contributed by atoms with van der Waals surface area (Å²) in [5.41, 5.74) is 4.75. The van der Waals surface area contributed by atoms with E-state index >= 15 is 0 Å². The molecule has 1 saturated carbocycles. The molecule has 1 aliphatic carbocycles. The zero-order valence-corrected chi connectivity index (χ0v) is 21.6. The van der Waals surface area contributed by atoms with Crippen LogP contribution in [0, 0.1) is 12.7 Å². The first kappa shape index (κ1) is 23.8. The number of amides is 1. The molecule has 1 saturated heterocycles. The van der Waals surface area contributed by atoms with Crippen LogP contribution in [0.4, 0.5) is 4.39 Å². The summed E-state index contributed by atoms with van der Waals surface area (Å²) in [6.45, 7) is 3.38. The van der Waals surface area contributed by atoms with Crippen molar-refractivity contribution >= 4 is 27.1 Å². The molecule has 1 aromatic heterocycles. The van der Waals surface area contributed by atoms with Gasteiger partial charge in [0.2, 0.25) is 0 Å². The maximum atomic E-state index is 13.6. The Morgan fingerprint density at radius 3 is 2.57 bits per heavy atom. The smallest absolute Gasteiger partial charge is 0.252 e. The summed E-state index contributed by atoms with van der Waals surface area (Å²) >= 11 is 0. The number of ether oxygens (including phenoxy) is 1. The van der Waals surface area contributed by atoms with Gasteiger partial charge < -0.3 is 15.4 Å². The highest BCUT2D eigenvalue weighted by Gasteiger charge is 2.47. The number of rotatable bonds is 7. The van der Waals surface area contributed by atoms with Gasteiger partial charge in [0.05, 0.1) is 21.3 Å². The molecule has 2 aliphatic rings. The van der Waals surface area contributed by atoms with E-state index in [1.807, 2.05) is 43.3 Å². The largest absolute Gasteiger partial charge is 0.492 e. The molecular weight excluding hydrogens is 481 g/mol. The molecule has 0 spiro atoms. The zero-order valence-electron chi connectivity index (χ0n) is 20.6. The highest BCUT2D eigenvalue weighted by molar-refractivity contribution is 6.16. The summed E-state index contributed by atoms with van der Waals surface area (Å²) in [7, 11) is 3.72. The molecule has 1 amide bonds. The monoisotopic (exact) mass is 508 g/mol. The number of carbonyl (C=O) groups is 1. The van der Waals surface area contributed by atoms with Crippen LogP contribution in [0.2, 0.25) is 0 Å². The van der Waals surface area contributed by atoms with Crippen LogP contribution < -0.4 is 15.4 Å². The summed E-state index contributed by atoms with van der Waals surface area (Å²) in [6, 6.07) is 20.2. The molecule has 2 heterocycles. The minimum atomic E-state index is -0.479. The van der Waals surface area contributed by atoms with Crippen LogP contribution in [0.5, 0.6) is 5.75 Å². The Bertz CT molecular complexity index is 1500. The summed E-state index contributed by atoms with van der Waals surface area (Å²) < 4.78 is 19.5. The number of aryl methyl sites for hydroxylation is 1. The van der Waals surface area contributed by atoms with Crippen LogP contribution in [0.3, 0.4) is 0 Å². The van der Waals surface area contributed by atoms with Crippen molar-refractivity contribution in [2.75, 3.05) is 13.2 Å². The van der Waals surface area contributed by atoms with E-state index in [1.165, 1.54) is 12.1 Å². The number of hydrogen-bond donors (Lipinski definition) is 2. The molecule has 5 nitrogen and oxygen atoms in total. The number of nitrogens with zero attached hydrogens (tertiary/aromatic N) is 1. The fourth-order valence-corrected chi connectivity index (χ4v) is 5.27. The van der Waals surface area contributed by atoms with Crippen molar-refractivity contribution in [3.05, 3.63) is 95.4 Å². The fourth-order valence-electron chi connectivity index (χ4n) is 4.95. The third-order valence-corrected chi connectivity index (χ3v) is 8.04. The van der Waals surface area contributed by atoms with E-state index in [-0.39, 0.29) is 16.9 Å².